The van der Waals surface area contributed by atoms with E-state index >= 15 is 0 Å². The molecule has 1 unspecified atom stereocenters. The maximum atomic E-state index is 12.6. The summed E-state index contributed by atoms with van der Waals surface area (Å²) in [5, 5.41) is 0. The highest BCUT2D eigenvalue weighted by Crippen LogP contribution is 2.43. The second-order valence-electron chi connectivity index (χ2n) is 15.2. The van der Waals surface area contributed by atoms with Crippen LogP contribution in [0, 0.1) is 0 Å². The van der Waals surface area contributed by atoms with Gasteiger partial charge in [-0.25, -0.2) is 4.57 Å². The summed E-state index contributed by atoms with van der Waals surface area (Å²) in [4.78, 5) is 34.9. The van der Waals surface area contributed by atoms with Gasteiger partial charge in [-0.1, -0.05) is 172 Å². The molecule has 0 spiro atoms. The Labute approximate surface area is 349 Å². The third-order valence-corrected chi connectivity index (χ3v) is 10.7. The molecule has 0 radical (unpaired) electrons. The Morgan fingerprint density at radius 2 is 0.965 bits per heavy atom. The van der Waals surface area contributed by atoms with Crippen LogP contribution < -0.4 is 5.73 Å². The first kappa shape index (κ1) is 55.0. The van der Waals surface area contributed by atoms with E-state index in [4.69, 9.17) is 24.3 Å². The fraction of sp³-hybridized carbons (Fsp3) is 0.787. The van der Waals surface area contributed by atoms with E-state index < -0.39 is 32.5 Å². The first-order valence-corrected chi connectivity index (χ1v) is 24.6. The number of nitrogens with two attached hydrogens (primary N) is 1. The fourth-order valence-electron chi connectivity index (χ4n) is 6.29. The summed E-state index contributed by atoms with van der Waals surface area (Å²) in [6, 6.07) is 0. The number of unbranched alkanes of at least 4 members (excludes halogenated alkanes) is 22. The molecular weight excluding hydrogens is 737 g/mol. The molecule has 0 amide bonds. The predicted molar refractivity (Wildman–Crippen MR) is 238 cm³/mol. The topological polar surface area (TPSA) is 134 Å². The maximum Gasteiger partial charge on any atom is 0.472 e. The van der Waals surface area contributed by atoms with Gasteiger partial charge in [0.25, 0.3) is 0 Å². The number of phosphoric ester groups is 1. The van der Waals surface area contributed by atoms with Gasteiger partial charge in [0.1, 0.15) is 6.61 Å². The van der Waals surface area contributed by atoms with E-state index in [2.05, 4.69) is 62.5 Å². The van der Waals surface area contributed by atoms with Crippen molar-refractivity contribution in [1.29, 1.82) is 0 Å². The number of esters is 2. The molecule has 0 saturated heterocycles. The van der Waals surface area contributed by atoms with Crippen molar-refractivity contribution in [2.24, 2.45) is 5.73 Å². The molecule has 0 aromatic rings. The molecule has 0 heterocycles. The Morgan fingerprint density at radius 1 is 0.544 bits per heavy atom. The second kappa shape index (κ2) is 43.5. The molecule has 0 rings (SSSR count). The molecule has 0 aliphatic heterocycles. The number of hydrogen-bond acceptors (Lipinski definition) is 8. The van der Waals surface area contributed by atoms with Gasteiger partial charge in [0.05, 0.1) is 13.2 Å². The SMILES string of the molecule is CCC=CCC=CCC=CCCCCCCCC(=O)OC[C@H](COP(=O)(O)OCCN)OC(=O)CCCCCCCCCCCCCC=CCCCCCCCC. The second-order valence-corrected chi connectivity index (χ2v) is 16.7. The molecular formula is C47H86NO8P. The van der Waals surface area contributed by atoms with E-state index in [-0.39, 0.29) is 32.6 Å². The summed E-state index contributed by atoms with van der Waals surface area (Å²) in [7, 11) is -4.38. The predicted octanol–water partition coefficient (Wildman–Crippen LogP) is 13.5. The molecule has 10 heteroatoms. The molecule has 0 fully saturated rings. The minimum Gasteiger partial charge on any atom is -0.462 e. The average molecular weight is 824 g/mol. The monoisotopic (exact) mass is 824 g/mol. The first-order chi connectivity index (χ1) is 27.8. The van der Waals surface area contributed by atoms with Crippen LogP contribution in [-0.4, -0.2) is 49.3 Å². The Kier molecular flexibility index (Phi) is 42.0. The van der Waals surface area contributed by atoms with Crippen LogP contribution in [0.3, 0.4) is 0 Å². The molecule has 0 aliphatic carbocycles. The van der Waals surface area contributed by atoms with Crippen LogP contribution in [0.4, 0.5) is 0 Å². The summed E-state index contributed by atoms with van der Waals surface area (Å²) >= 11 is 0. The van der Waals surface area contributed by atoms with Crippen molar-refractivity contribution in [2.75, 3.05) is 26.4 Å². The van der Waals surface area contributed by atoms with Gasteiger partial charge in [0, 0.05) is 19.4 Å². The van der Waals surface area contributed by atoms with Crippen molar-refractivity contribution in [2.45, 2.75) is 213 Å². The van der Waals surface area contributed by atoms with Crippen molar-refractivity contribution in [3.63, 3.8) is 0 Å². The zero-order valence-corrected chi connectivity index (χ0v) is 37.5. The molecule has 0 aliphatic rings. The molecule has 57 heavy (non-hydrogen) atoms. The first-order valence-electron chi connectivity index (χ1n) is 23.1. The van der Waals surface area contributed by atoms with Crippen molar-refractivity contribution in [3.05, 3.63) is 48.6 Å². The standard InChI is InChI=1S/C47H86NO8P/c1-3-5-7-9-11-13-15-17-19-20-21-22-23-24-26-28-30-32-34-36-38-40-47(50)56-45(44-55-57(51,52)54-42-41-48)43-53-46(49)39-37-35-33-31-29-27-25-18-16-14-12-10-8-6-4-2/h6,8,12,14,17-19,25,45H,3-5,7,9-11,13,15-16,20-24,26-44,48H2,1-2H3,(H,51,52)/t45-/m1/s1. The van der Waals surface area contributed by atoms with Gasteiger partial charge in [-0.2, -0.15) is 0 Å². The van der Waals surface area contributed by atoms with Gasteiger partial charge in [-0.3, -0.25) is 18.6 Å². The highest BCUT2D eigenvalue weighted by atomic mass is 31.2. The van der Waals surface area contributed by atoms with Gasteiger partial charge in [0.2, 0.25) is 0 Å². The van der Waals surface area contributed by atoms with Crippen LogP contribution in [-0.2, 0) is 32.7 Å². The molecule has 3 N–H and O–H groups in total. The van der Waals surface area contributed by atoms with E-state index in [1.165, 1.54) is 96.3 Å². The van der Waals surface area contributed by atoms with Crippen molar-refractivity contribution in [3.8, 4) is 0 Å². The molecule has 0 aromatic heterocycles. The van der Waals surface area contributed by atoms with Crippen LogP contribution in [0.25, 0.3) is 0 Å². The number of phosphoric acid groups is 1. The van der Waals surface area contributed by atoms with E-state index in [1.807, 2.05) is 0 Å². The quantitative estimate of drug-likeness (QED) is 0.0267. The highest BCUT2D eigenvalue weighted by molar-refractivity contribution is 7.47. The van der Waals surface area contributed by atoms with E-state index in [1.54, 1.807) is 0 Å². The number of ether oxygens (including phenoxy) is 2. The smallest absolute Gasteiger partial charge is 0.462 e. The number of allylic oxidation sites excluding steroid dienone is 8. The molecule has 0 bridgehead atoms. The van der Waals surface area contributed by atoms with Gasteiger partial charge < -0.3 is 20.1 Å². The lowest BCUT2D eigenvalue weighted by Gasteiger charge is -2.19. The van der Waals surface area contributed by atoms with Crippen molar-refractivity contribution in [1.82, 2.24) is 0 Å². The summed E-state index contributed by atoms with van der Waals surface area (Å²) in [6.07, 6.45) is 50.0. The molecule has 9 nitrogen and oxygen atoms in total. The molecule has 332 valence electrons. The average Bonchev–Trinajstić information content (AvgIpc) is 3.20. The summed E-state index contributed by atoms with van der Waals surface area (Å²) < 4.78 is 32.8. The lowest BCUT2D eigenvalue weighted by atomic mass is 10.0. The number of hydrogen-bond donors (Lipinski definition) is 2. The van der Waals surface area contributed by atoms with Crippen LogP contribution in [0.15, 0.2) is 48.6 Å². The van der Waals surface area contributed by atoms with Gasteiger partial charge in [-0.15, -0.1) is 0 Å². The van der Waals surface area contributed by atoms with Gasteiger partial charge in [0.15, 0.2) is 6.10 Å². The zero-order valence-electron chi connectivity index (χ0n) is 36.6. The molecule has 0 aromatic carbocycles. The minimum atomic E-state index is -4.38. The van der Waals surface area contributed by atoms with Crippen LogP contribution in [0.2, 0.25) is 0 Å². The van der Waals surface area contributed by atoms with Gasteiger partial charge in [-0.05, 0) is 70.6 Å². The van der Waals surface area contributed by atoms with Crippen molar-refractivity contribution >= 4 is 19.8 Å². The van der Waals surface area contributed by atoms with E-state index in [0.717, 1.165) is 70.6 Å². The number of rotatable bonds is 43. The Bertz CT molecular complexity index is 1080. The lowest BCUT2D eigenvalue weighted by molar-refractivity contribution is -0.161. The third-order valence-electron chi connectivity index (χ3n) is 9.70. The van der Waals surface area contributed by atoms with E-state index in [9.17, 15) is 19.0 Å². The summed E-state index contributed by atoms with van der Waals surface area (Å²) in [5.74, 6) is -0.847. The van der Waals surface area contributed by atoms with Gasteiger partial charge >= 0.3 is 19.8 Å². The third kappa shape index (κ3) is 43.4. The Hall–Kier alpha value is -2.03. The zero-order chi connectivity index (χ0) is 41.8. The Balaban J connectivity index is 4.10. The van der Waals surface area contributed by atoms with Crippen LogP contribution >= 0.6 is 7.82 Å². The number of carbonyl (C=O) groups is 2. The van der Waals surface area contributed by atoms with Crippen LogP contribution in [0.1, 0.15) is 206 Å². The van der Waals surface area contributed by atoms with E-state index in [0.29, 0.717) is 12.8 Å². The minimum absolute atomic E-state index is 0.0497. The lowest BCUT2D eigenvalue weighted by Crippen LogP contribution is -2.29. The molecule has 2 atom stereocenters. The normalized spacial score (nSPS) is 13.7. The van der Waals surface area contributed by atoms with Crippen molar-refractivity contribution < 1.29 is 37.6 Å². The summed E-state index contributed by atoms with van der Waals surface area (Å²) in [5.41, 5.74) is 5.35. The van der Waals surface area contributed by atoms with Crippen LogP contribution in [0.5, 0.6) is 0 Å². The largest absolute Gasteiger partial charge is 0.472 e. The highest BCUT2D eigenvalue weighted by Gasteiger charge is 2.26. The molecule has 0 saturated carbocycles. The maximum absolute atomic E-state index is 12.6. The fourth-order valence-corrected chi connectivity index (χ4v) is 7.06. The Morgan fingerprint density at radius 3 is 1.46 bits per heavy atom. The number of carbonyl (C=O) groups excluding carboxylic acids is 2. The summed E-state index contributed by atoms with van der Waals surface area (Å²) in [6.45, 7) is 3.61.